The highest BCUT2D eigenvalue weighted by Gasteiger charge is 2.14. The lowest BCUT2D eigenvalue weighted by molar-refractivity contribution is 0.0940. The lowest BCUT2D eigenvalue weighted by atomic mass is 10.0. The first-order valence-electron chi connectivity index (χ1n) is 7.27. The van der Waals surface area contributed by atoms with Crippen LogP contribution in [0.4, 0.5) is 5.69 Å². The van der Waals surface area contributed by atoms with Gasteiger partial charge in [0, 0.05) is 5.69 Å². The van der Waals surface area contributed by atoms with Crippen LogP contribution < -0.4 is 11.1 Å². The zero-order valence-corrected chi connectivity index (χ0v) is 12.8. The van der Waals surface area contributed by atoms with Gasteiger partial charge in [-0.3, -0.25) is 4.79 Å². The molecule has 0 aliphatic heterocycles. The average Bonchev–Trinajstić information content (AvgIpc) is 2.50. The van der Waals surface area contributed by atoms with Gasteiger partial charge in [-0.2, -0.15) is 0 Å². The van der Waals surface area contributed by atoms with E-state index in [0.29, 0.717) is 11.3 Å². The van der Waals surface area contributed by atoms with E-state index in [0.717, 1.165) is 17.5 Å². The Hall–Kier alpha value is -2.29. The van der Waals surface area contributed by atoms with E-state index in [-0.39, 0.29) is 11.9 Å². The Balaban J connectivity index is 2.12. The molecular weight excluding hydrogens is 260 g/mol. The van der Waals surface area contributed by atoms with E-state index >= 15 is 0 Å². The molecule has 3 nitrogen and oxygen atoms in total. The van der Waals surface area contributed by atoms with Gasteiger partial charge in [0.05, 0.1) is 11.6 Å². The first kappa shape index (κ1) is 15.1. The third-order valence-electron chi connectivity index (χ3n) is 3.80. The number of nitrogen functional groups attached to an aromatic ring is 1. The van der Waals surface area contributed by atoms with Crippen LogP contribution in [-0.4, -0.2) is 5.91 Å². The number of para-hydroxylation sites is 1. The van der Waals surface area contributed by atoms with Crippen molar-refractivity contribution in [1.29, 1.82) is 0 Å². The highest BCUT2D eigenvalue weighted by atomic mass is 16.1. The van der Waals surface area contributed by atoms with Crippen molar-refractivity contribution < 1.29 is 4.79 Å². The average molecular weight is 282 g/mol. The molecule has 2 rings (SSSR count). The van der Waals surface area contributed by atoms with E-state index in [1.165, 1.54) is 5.56 Å². The van der Waals surface area contributed by atoms with Gasteiger partial charge >= 0.3 is 0 Å². The molecule has 3 heteroatoms. The minimum atomic E-state index is -0.136. The number of nitrogens with one attached hydrogen (secondary N) is 1. The summed E-state index contributed by atoms with van der Waals surface area (Å²) < 4.78 is 0. The van der Waals surface area contributed by atoms with E-state index in [1.54, 1.807) is 6.07 Å². The number of hydrogen-bond acceptors (Lipinski definition) is 2. The SMILES string of the molecule is CCc1ccc(C(C)NC(=O)c2cccc(C)c2N)cc1. The first-order chi connectivity index (χ1) is 10.0. The van der Waals surface area contributed by atoms with Gasteiger partial charge in [-0.1, -0.05) is 43.3 Å². The van der Waals surface area contributed by atoms with Crippen molar-refractivity contribution in [2.75, 3.05) is 5.73 Å². The van der Waals surface area contributed by atoms with E-state index < -0.39 is 0 Å². The molecule has 0 spiro atoms. The molecule has 2 aromatic rings. The van der Waals surface area contributed by atoms with Crippen molar-refractivity contribution >= 4 is 11.6 Å². The molecule has 3 N–H and O–H groups in total. The molecular formula is C18H22N2O. The molecule has 1 atom stereocenters. The predicted molar refractivity (Wildman–Crippen MR) is 87.3 cm³/mol. The summed E-state index contributed by atoms with van der Waals surface area (Å²) in [6, 6.07) is 13.8. The van der Waals surface area contributed by atoms with Crippen LogP contribution in [0.15, 0.2) is 42.5 Å². The molecule has 0 fully saturated rings. The largest absolute Gasteiger partial charge is 0.398 e. The van der Waals surface area contributed by atoms with E-state index in [4.69, 9.17) is 5.73 Å². The predicted octanol–water partition coefficient (Wildman–Crippen LogP) is 3.63. The maximum atomic E-state index is 12.3. The number of rotatable bonds is 4. The third-order valence-corrected chi connectivity index (χ3v) is 3.80. The molecule has 1 amide bonds. The molecule has 2 aromatic carbocycles. The summed E-state index contributed by atoms with van der Waals surface area (Å²) >= 11 is 0. The van der Waals surface area contributed by atoms with Crippen molar-refractivity contribution in [1.82, 2.24) is 5.32 Å². The molecule has 1 unspecified atom stereocenters. The van der Waals surface area contributed by atoms with Crippen LogP contribution in [0.1, 0.15) is 46.9 Å². The highest BCUT2D eigenvalue weighted by molar-refractivity contribution is 5.99. The third kappa shape index (κ3) is 3.43. The van der Waals surface area contributed by atoms with Gasteiger partial charge in [-0.25, -0.2) is 0 Å². The molecule has 0 heterocycles. The maximum absolute atomic E-state index is 12.3. The van der Waals surface area contributed by atoms with Crippen molar-refractivity contribution in [2.24, 2.45) is 0 Å². The lowest BCUT2D eigenvalue weighted by Gasteiger charge is -2.16. The molecule has 0 saturated carbocycles. The van der Waals surface area contributed by atoms with E-state index in [9.17, 15) is 4.79 Å². The zero-order chi connectivity index (χ0) is 15.4. The normalized spacial score (nSPS) is 12.0. The van der Waals surface area contributed by atoms with E-state index in [2.05, 4.69) is 36.5 Å². The topological polar surface area (TPSA) is 55.1 Å². The fourth-order valence-corrected chi connectivity index (χ4v) is 2.28. The number of benzene rings is 2. The molecule has 110 valence electrons. The number of nitrogens with two attached hydrogens (primary N) is 1. The van der Waals surface area contributed by atoms with Crippen molar-refractivity contribution in [3.8, 4) is 0 Å². The molecule has 0 radical (unpaired) electrons. The van der Waals surface area contributed by atoms with Crippen LogP contribution >= 0.6 is 0 Å². The summed E-state index contributed by atoms with van der Waals surface area (Å²) in [7, 11) is 0. The molecule has 0 aromatic heterocycles. The van der Waals surface area contributed by atoms with Crippen molar-refractivity contribution in [2.45, 2.75) is 33.2 Å². The molecule has 0 aliphatic rings. The van der Waals surface area contributed by atoms with Crippen LogP contribution in [0.2, 0.25) is 0 Å². The Labute approximate surface area is 126 Å². The molecule has 0 aliphatic carbocycles. The van der Waals surface area contributed by atoms with Gasteiger partial charge < -0.3 is 11.1 Å². The van der Waals surface area contributed by atoms with Gasteiger partial charge in [0.15, 0.2) is 0 Å². The number of carbonyl (C=O) groups excluding carboxylic acids is 1. The highest BCUT2D eigenvalue weighted by Crippen LogP contribution is 2.19. The zero-order valence-electron chi connectivity index (χ0n) is 12.8. The first-order valence-corrected chi connectivity index (χ1v) is 7.27. The Bertz CT molecular complexity index is 632. The molecule has 0 bridgehead atoms. The fraction of sp³-hybridized carbons (Fsp3) is 0.278. The summed E-state index contributed by atoms with van der Waals surface area (Å²) in [6.45, 7) is 6.00. The van der Waals surface area contributed by atoms with Crippen LogP contribution in [0.5, 0.6) is 0 Å². The van der Waals surface area contributed by atoms with Crippen LogP contribution in [0.25, 0.3) is 0 Å². The Morgan fingerprint density at radius 3 is 2.48 bits per heavy atom. The monoisotopic (exact) mass is 282 g/mol. The number of anilines is 1. The van der Waals surface area contributed by atoms with Crippen molar-refractivity contribution in [3.63, 3.8) is 0 Å². The summed E-state index contributed by atoms with van der Waals surface area (Å²) in [5, 5.41) is 3.00. The minimum Gasteiger partial charge on any atom is -0.398 e. The van der Waals surface area contributed by atoms with Gasteiger partial charge in [0.2, 0.25) is 0 Å². The summed E-state index contributed by atoms with van der Waals surface area (Å²) in [4.78, 5) is 12.3. The quantitative estimate of drug-likeness (QED) is 0.841. The Kier molecular flexibility index (Phi) is 4.63. The van der Waals surface area contributed by atoms with Crippen LogP contribution in [0, 0.1) is 6.92 Å². The second kappa shape index (κ2) is 6.44. The lowest BCUT2D eigenvalue weighted by Crippen LogP contribution is -2.27. The van der Waals surface area contributed by atoms with Crippen LogP contribution in [-0.2, 0) is 6.42 Å². The second-order valence-electron chi connectivity index (χ2n) is 5.33. The minimum absolute atomic E-state index is 0.0525. The second-order valence-corrected chi connectivity index (χ2v) is 5.33. The Morgan fingerprint density at radius 2 is 1.86 bits per heavy atom. The smallest absolute Gasteiger partial charge is 0.253 e. The van der Waals surface area contributed by atoms with Gasteiger partial charge in [-0.05, 0) is 43.0 Å². The molecule has 0 saturated heterocycles. The number of amides is 1. The maximum Gasteiger partial charge on any atom is 0.253 e. The summed E-state index contributed by atoms with van der Waals surface area (Å²) in [5.74, 6) is -0.136. The van der Waals surface area contributed by atoms with Crippen LogP contribution in [0.3, 0.4) is 0 Å². The number of aryl methyl sites for hydroxylation is 2. The summed E-state index contributed by atoms with van der Waals surface area (Å²) in [5.41, 5.74) is 10.4. The Morgan fingerprint density at radius 1 is 1.19 bits per heavy atom. The number of hydrogen-bond donors (Lipinski definition) is 2. The van der Waals surface area contributed by atoms with E-state index in [1.807, 2.05) is 26.0 Å². The number of carbonyl (C=O) groups is 1. The van der Waals surface area contributed by atoms with Gasteiger partial charge in [0.1, 0.15) is 0 Å². The summed E-state index contributed by atoms with van der Waals surface area (Å²) in [6.07, 6.45) is 1.01. The fourth-order valence-electron chi connectivity index (χ4n) is 2.28. The van der Waals surface area contributed by atoms with Crippen molar-refractivity contribution in [3.05, 3.63) is 64.7 Å². The van der Waals surface area contributed by atoms with Gasteiger partial charge in [0.25, 0.3) is 5.91 Å². The van der Waals surface area contributed by atoms with Gasteiger partial charge in [-0.15, -0.1) is 0 Å². The molecule has 21 heavy (non-hydrogen) atoms. The standard InChI is InChI=1S/C18H22N2O/c1-4-14-8-10-15(11-9-14)13(3)20-18(21)16-7-5-6-12(2)17(16)19/h5-11,13H,4,19H2,1-3H3,(H,20,21).